The number of hydrogen-bond acceptors (Lipinski definition) is 8. The van der Waals surface area contributed by atoms with Crippen LogP contribution in [0.15, 0.2) is 48.5 Å². The van der Waals surface area contributed by atoms with Crippen molar-refractivity contribution >= 4 is 28.8 Å². The van der Waals surface area contributed by atoms with Crippen LogP contribution >= 0.6 is 0 Å². The Balaban J connectivity index is 1.31. The van der Waals surface area contributed by atoms with E-state index >= 15 is 0 Å². The first-order chi connectivity index (χ1) is 23.5. The number of fused-ring (bicyclic) bond motifs is 7. The van der Waals surface area contributed by atoms with Crippen molar-refractivity contribution < 1.29 is 28.6 Å². The van der Waals surface area contributed by atoms with E-state index in [1.165, 1.54) is 13.3 Å². The van der Waals surface area contributed by atoms with E-state index in [0.29, 0.717) is 41.3 Å². The zero-order valence-electron chi connectivity index (χ0n) is 29.2. The molecule has 7 rings (SSSR count). The summed E-state index contributed by atoms with van der Waals surface area (Å²) in [6, 6.07) is 13.6. The summed E-state index contributed by atoms with van der Waals surface area (Å²) in [5.74, 6) is 1.68. The number of methoxy groups -OCH3 is 1. The molecule has 2 amide bonds. The Labute approximate surface area is 288 Å². The van der Waals surface area contributed by atoms with Gasteiger partial charge in [-0.15, -0.1) is 0 Å². The maximum Gasteiger partial charge on any atom is 0.408 e. The van der Waals surface area contributed by atoms with Gasteiger partial charge in [0.1, 0.15) is 35.7 Å². The van der Waals surface area contributed by atoms with Crippen LogP contribution in [0.4, 0.5) is 4.79 Å². The minimum atomic E-state index is -0.922. The normalized spacial score (nSPS) is 30.5. The Morgan fingerprint density at radius 3 is 2.47 bits per heavy atom. The van der Waals surface area contributed by atoms with Crippen LogP contribution in [-0.2, 0) is 20.7 Å². The molecule has 8 atom stereocenters. The molecule has 10 nitrogen and oxygen atoms in total. The number of rotatable bonds is 3. The molecule has 3 heterocycles. The second kappa shape index (κ2) is 13.2. The number of carbonyl (C=O) groups excluding carboxylic acids is 3. The van der Waals surface area contributed by atoms with Crippen molar-refractivity contribution in [2.75, 3.05) is 13.7 Å². The van der Waals surface area contributed by atoms with E-state index in [2.05, 4.69) is 5.32 Å². The van der Waals surface area contributed by atoms with E-state index in [0.717, 1.165) is 48.9 Å². The third-order valence-corrected chi connectivity index (χ3v) is 11.1. The van der Waals surface area contributed by atoms with Crippen LogP contribution in [0, 0.1) is 23.2 Å². The van der Waals surface area contributed by atoms with E-state index in [1.54, 1.807) is 12.0 Å². The quantitative estimate of drug-likeness (QED) is 0.348. The van der Waals surface area contributed by atoms with Crippen molar-refractivity contribution in [3.05, 3.63) is 59.8 Å². The first-order valence-electron chi connectivity index (χ1n) is 17.9. The van der Waals surface area contributed by atoms with Gasteiger partial charge in [0.05, 0.1) is 30.6 Å². The third-order valence-electron chi connectivity index (χ3n) is 11.1. The Hall–Kier alpha value is -4.21. The molecule has 49 heavy (non-hydrogen) atoms. The molecule has 2 unspecified atom stereocenters. The van der Waals surface area contributed by atoms with Crippen molar-refractivity contribution in [2.45, 2.75) is 103 Å². The number of nitrogens with zero attached hydrogens (tertiary/aromatic N) is 3. The molecule has 4 aliphatic rings. The minimum absolute atomic E-state index is 0.136. The molecule has 1 aromatic heterocycles. The number of aryl methyl sites for hydroxylation is 1. The number of amides is 2. The van der Waals surface area contributed by atoms with Crippen molar-refractivity contribution in [3.8, 4) is 11.6 Å². The first-order valence-corrected chi connectivity index (χ1v) is 17.9. The SMILES string of the molecule is COc1ccc2nc3c(nc2c1)O[C@H]1CN(C(=O)[C@H](C(C)(C)C)NC(=O)O[C@@H]2CC4CC4[C@H]2CCCCC3)[C@H](C(C)=O)[C@@H]1c1ccccc1. The number of benzene rings is 2. The van der Waals surface area contributed by atoms with Crippen LogP contribution in [0.25, 0.3) is 11.0 Å². The molecular weight excluding hydrogens is 620 g/mol. The minimum Gasteiger partial charge on any atom is -0.497 e. The molecule has 1 saturated heterocycles. The Bertz CT molecular complexity index is 1720. The van der Waals surface area contributed by atoms with E-state index < -0.39 is 35.6 Å². The molecule has 0 spiro atoms. The summed E-state index contributed by atoms with van der Waals surface area (Å²) in [7, 11) is 1.62. The number of carbonyl (C=O) groups is 3. The highest BCUT2D eigenvalue weighted by Gasteiger charge is 2.55. The fraction of sp³-hybridized carbons (Fsp3) is 0.564. The van der Waals surface area contributed by atoms with E-state index in [1.807, 2.05) is 69.3 Å². The Kier molecular flexibility index (Phi) is 9.00. The summed E-state index contributed by atoms with van der Waals surface area (Å²) in [5.41, 5.74) is 2.39. The van der Waals surface area contributed by atoms with Crippen molar-refractivity contribution in [1.29, 1.82) is 0 Å². The fourth-order valence-electron chi connectivity index (χ4n) is 8.59. The summed E-state index contributed by atoms with van der Waals surface area (Å²) in [6.45, 7) is 7.41. The number of alkyl carbamates (subject to hydrolysis) is 1. The average molecular weight is 669 g/mol. The molecule has 10 heteroatoms. The number of aromatic nitrogens is 2. The van der Waals surface area contributed by atoms with Gasteiger partial charge in [-0.3, -0.25) is 9.59 Å². The zero-order chi connectivity index (χ0) is 34.4. The van der Waals surface area contributed by atoms with Gasteiger partial charge < -0.3 is 24.4 Å². The van der Waals surface area contributed by atoms with Gasteiger partial charge in [-0.25, -0.2) is 14.8 Å². The lowest BCUT2D eigenvalue weighted by molar-refractivity contribution is -0.141. The van der Waals surface area contributed by atoms with Gasteiger partial charge in [-0.2, -0.15) is 0 Å². The number of ether oxygens (including phenoxy) is 3. The molecule has 3 fully saturated rings. The topological polar surface area (TPSA) is 120 Å². The molecule has 260 valence electrons. The van der Waals surface area contributed by atoms with E-state index in [9.17, 15) is 14.4 Å². The highest BCUT2D eigenvalue weighted by molar-refractivity contribution is 5.93. The number of nitrogens with one attached hydrogen (secondary N) is 1. The molecule has 1 N–H and O–H groups in total. The highest BCUT2D eigenvalue weighted by atomic mass is 16.6. The Morgan fingerprint density at radius 2 is 1.73 bits per heavy atom. The smallest absolute Gasteiger partial charge is 0.408 e. The first kappa shape index (κ1) is 33.3. The van der Waals surface area contributed by atoms with Crippen molar-refractivity contribution in [2.24, 2.45) is 23.2 Å². The van der Waals surface area contributed by atoms with Crippen molar-refractivity contribution in [3.63, 3.8) is 0 Å². The van der Waals surface area contributed by atoms with Gasteiger partial charge in [0.2, 0.25) is 11.8 Å². The molecule has 0 radical (unpaired) electrons. The van der Waals surface area contributed by atoms with Crippen molar-refractivity contribution in [1.82, 2.24) is 20.2 Å². The highest BCUT2D eigenvalue weighted by Crippen LogP contribution is 2.57. The molecule has 2 saturated carbocycles. The summed E-state index contributed by atoms with van der Waals surface area (Å²) in [5, 5.41) is 2.96. The zero-order valence-corrected chi connectivity index (χ0v) is 29.2. The summed E-state index contributed by atoms with van der Waals surface area (Å²) < 4.78 is 18.4. The number of hydrogen-bond donors (Lipinski definition) is 1. The van der Waals surface area contributed by atoms with Gasteiger partial charge in [-0.1, -0.05) is 63.9 Å². The van der Waals surface area contributed by atoms with Gasteiger partial charge >= 0.3 is 6.09 Å². The summed E-state index contributed by atoms with van der Waals surface area (Å²) in [6.07, 6.45) is 5.39. The number of Topliss-reactive ketones (excluding diaryl/α,β-unsaturated/α-hetero) is 1. The lowest BCUT2D eigenvalue weighted by atomic mass is 9.84. The molecule has 2 aliphatic carbocycles. The van der Waals surface area contributed by atoms with Crippen LogP contribution in [0.3, 0.4) is 0 Å². The monoisotopic (exact) mass is 668 g/mol. The largest absolute Gasteiger partial charge is 0.497 e. The lowest BCUT2D eigenvalue weighted by Crippen LogP contribution is -2.57. The van der Waals surface area contributed by atoms with Crippen LogP contribution in [0.2, 0.25) is 0 Å². The average Bonchev–Trinajstić information content (AvgIpc) is 3.60. The van der Waals surface area contributed by atoms with Crippen LogP contribution < -0.4 is 14.8 Å². The standard InChI is InChI=1S/C39H48N4O6/c1-22(44)34-33(23-12-8-6-9-13-23)32-21-43(34)37(45)35(39(2,3)4)42-38(46)49-31-19-24-18-27(24)26(31)14-10-7-11-15-29-36(48-32)41-30-20-25(47-5)16-17-28(30)40-29/h6,8-9,12-13,16-17,20,24,26-27,31-35H,7,10-11,14-15,18-19,21H2,1-5H3,(H,42,46)/t24?,26-,27?,31-,32+,33-,34-,35-/m1/s1. The van der Waals surface area contributed by atoms with E-state index in [-0.39, 0.29) is 24.3 Å². The maximum absolute atomic E-state index is 14.7. The predicted octanol–water partition coefficient (Wildman–Crippen LogP) is 6.25. The lowest BCUT2D eigenvalue weighted by Gasteiger charge is -2.36. The molecule has 2 aliphatic heterocycles. The van der Waals surface area contributed by atoms with Crippen LogP contribution in [0.5, 0.6) is 11.6 Å². The van der Waals surface area contributed by atoms with Gasteiger partial charge in [0, 0.05) is 6.07 Å². The van der Waals surface area contributed by atoms with Gasteiger partial charge in [0.15, 0.2) is 5.78 Å². The Morgan fingerprint density at radius 1 is 0.939 bits per heavy atom. The summed E-state index contributed by atoms with van der Waals surface area (Å²) >= 11 is 0. The van der Waals surface area contributed by atoms with Crippen LogP contribution in [-0.4, -0.2) is 70.6 Å². The summed E-state index contributed by atoms with van der Waals surface area (Å²) in [4.78, 5) is 53.4. The van der Waals surface area contributed by atoms with Gasteiger partial charge in [-0.05, 0) is 79.9 Å². The predicted molar refractivity (Wildman–Crippen MR) is 184 cm³/mol. The van der Waals surface area contributed by atoms with Crippen LogP contribution in [0.1, 0.15) is 83.4 Å². The molecular formula is C39H48N4O6. The second-order valence-corrected chi connectivity index (χ2v) is 15.5. The molecule has 3 aromatic rings. The molecule has 2 bridgehead atoms. The van der Waals surface area contributed by atoms with Gasteiger partial charge in [0.25, 0.3) is 0 Å². The third kappa shape index (κ3) is 6.71. The molecule has 2 aromatic carbocycles. The fourth-order valence-corrected chi connectivity index (χ4v) is 8.59. The maximum atomic E-state index is 14.7. The van der Waals surface area contributed by atoms with E-state index in [4.69, 9.17) is 24.2 Å². The number of ketones is 1. The second-order valence-electron chi connectivity index (χ2n) is 15.5.